The van der Waals surface area contributed by atoms with Crippen LogP contribution < -0.4 is 4.90 Å². The molecular weight excluding hydrogens is 400 g/mol. The number of carbonyl (C=O) groups is 4. The summed E-state index contributed by atoms with van der Waals surface area (Å²) in [5, 5.41) is 0. The van der Waals surface area contributed by atoms with Crippen LogP contribution in [0.2, 0.25) is 0 Å². The number of rotatable bonds is 4. The SMILES string of the molecule is COC(=O)C1(C(=O)OC)[C@H]2C(=O)N(c3ccccc3)C(=O)[C@H]2C(c2ccccc2)N1C. The average Bonchev–Trinajstić information content (AvgIpc) is 3.22. The Balaban J connectivity index is 1.96. The number of amides is 2. The zero-order valence-electron chi connectivity index (χ0n) is 17.3. The van der Waals surface area contributed by atoms with Gasteiger partial charge in [0.1, 0.15) is 0 Å². The molecule has 8 nitrogen and oxygen atoms in total. The lowest BCUT2D eigenvalue weighted by Crippen LogP contribution is -2.62. The predicted octanol–water partition coefficient (Wildman–Crippen LogP) is 1.56. The molecule has 0 aliphatic carbocycles. The van der Waals surface area contributed by atoms with Crippen molar-refractivity contribution < 1.29 is 28.7 Å². The molecule has 31 heavy (non-hydrogen) atoms. The maximum atomic E-state index is 13.6. The minimum Gasteiger partial charge on any atom is -0.467 e. The molecule has 2 aromatic carbocycles. The predicted molar refractivity (Wildman–Crippen MR) is 110 cm³/mol. The number of likely N-dealkylation sites (N-methyl/N-ethyl adjacent to an activating group) is 1. The highest BCUT2D eigenvalue weighted by Crippen LogP contribution is 2.55. The first-order valence-corrected chi connectivity index (χ1v) is 9.78. The number of fused-ring (bicyclic) bond motifs is 1. The number of para-hydroxylation sites is 1. The van der Waals surface area contributed by atoms with Gasteiger partial charge in [-0.1, -0.05) is 48.5 Å². The van der Waals surface area contributed by atoms with Crippen molar-refractivity contribution in [1.82, 2.24) is 4.90 Å². The number of likely N-dealkylation sites (tertiary alicyclic amines) is 1. The first-order valence-electron chi connectivity index (χ1n) is 9.78. The topological polar surface area (TPSA) is 93.2 Å². The number of hydrogen-bond acceptors (Lipinski definition) is 7. The Labute approximate surface area is 179 Å². The fourth-order valence-corrected chi connectivity index (χ4v) is 4.98. The molecule has 1 unspecified atom stereocenters. The molecule has 2 aromatic rings. The summed E-state index contributed by atoms with van der Waals surface area (Å²) in [6.07, 6.45) is 0. The normalized spacial score (nSPS) is 24.7. The second-order valence-corrected chi connectivity index (χ2v) is 7.57. The van der Waals surface area contributed by atoms with E-state index in [2.05, 4.69) is 0 Å². The molecule has 8 heteroatoms. The van der Waals surface area contributed by atoms with E-state index in [1.165, 1.54) is 11.9 Å². The number of hydrogen-bond donors (Lipinski definition) is 0. The Hall–Kier alpha value is -3.52. The van der Waals surface area contributed by atoms with Crippen LogP contribution in [0.4, 0.5) is 5.69 Å². The minimum absolute atomic E-state index is 0.380. The van der Waals surface area contributed by atoms with Crippen molar-refractivity contribution in [2.24, 2.45) is 11.8 Å². The summed E-state index contributed by atoms with van der Waals surface area (Å²) in [7, 11) is 3.82. The second-order valence-electron chi connectivity index (χ2n) is 7.57. The van der Waals surface area contributed by atoms with Crippen LogP contribution in [0.15, 0.2) is 60.7 Å². The number of ether oxygens (including phenoxy) is 2. The van der Waals surface area contributed by atoms with E-state index < -0.39 is 47.2 Å². The number of anilines is 1. The van der Waals surface area contributed by atoms with E-state index in [1.807, 2.05) is 6.07 Å². The van der Waals surface area contributed by atoms with E-state index in [0.29, 0.717) is 11.3 Å². The molecule has 4 rings (SSSR count). The number of benzene rings is 2. The van der Waals surface area contributed by atoms with Crippen LogP contribution in [-0.2, 0) is 28.7 Å². The molecule has 0 aromatic heterocycles. The Kier molecular flexibility index (Phi) is 5.10. The van der Waals surface area contributed by atoms with Crippen molar-refractivity contribution >= 4 is 29.4 Å². The molecule has 2 aliphatic heterocycles. The van der Waals surface area contributed by atoms with Crippen molar-refractivity contribution in [2.75, 3.05) is 26.2 Å². The molecule has 160 valence electrons. The van der Waals surface area contributed by atoms with Crippen LogP contribution in [0, 0.1) is 11.8 Å². The molecule has 0 radical (unpaired) electrons. The molecular formula is C23H22N2O6. The summed E-state index contributed by atoms with van der Waals surface area (Å²) in [5.41, 5.74) is -1.01. The van der Waals surface area contributed by atoms with E-state index in [4.69, 9.17) is 9.47 Å². The van der Waals surface area contributed by atoms with Gasteiger partial charge in [-0.2, -0.15) is 0 Å². The Morgan fingerprint density at radius 3 is 1.87 bits per heavy atom. The highest BCUT2D eigenvalue weighted by atomic mass is 16.5. The van der Waals surface area contributed by atoms with Gasteiger partial charge in [-0.15, -0.1) is 0 Å². The third-order valence-electron chi connectivity index (χ3n) is 6.26. The fourth-order valence-electron chi connectivity index (χ4n) is 4.98. The third-order valence-corrected chi connectivity index (χ3v) is 6.26. The van der Waals surface area contributed by atoms with E-state index in [-0.39, 0.29) is 0 Å². The summed E-state index contributed by atoms with van der Waals surface area (Å²) in [5.74, 6) is -5.26. The fraction of sp³-hybridized carbons (Fsp3) is 0.304. The molecule has 2 aliphatic rings. The summed E-state index contributed by atoms with van der Waals surface area (Å²) < 4.78 is 9.97. The van der Waals surface area contributed by atoms with Crippen LogP contribution in [0.5, 0.6) is 0 Å². The lowest BCUT2D eigenvalue weighted by Gasteiger charge is -2.36. The van der Waals surface area contributed by atoms with Gasteiger partial charge in [-0.25, -0.2) is 14.5 Å². The number of nitrogens with zero attached hydrogens (tertiary/aromatic N) is 2. The zero-order chi connectivity index (χ0) is 22.3. The van der Waals surface area contributed by atoms with Gasteiger partial charge in [-0.3, -0.25) is 14.5 Å². The van der Waals surface area contributed by atoms with Crippen LogP contribution >= 0.6 is 0 Å². The lowest BCUT2D eigenvalue weighted by atomic mass is 9.79. The van der Waals surface area contributed by atoms with Gasteiger partial charge in [0.05, 0.1) is 31.7 Å². The standard InChI is InChI=1S/C23H22N2O6/c1-24-18(14-10-6-4-7-11-14)16-17(23(24,21(28)30-2)22(29)31-3)20(27)25(19(16)26)15-12-8-5-9-13-15/h4-13,16-18H,1-3H3/t16-,17-,18?/m1/s1. The molecule has 2 amide bonds. The molecule has 2 heterocycles. The molecule has 0 saturated carbocycles. The van der Waals surface area contributed by atoms with Crippen LogP contribution in [0.1, 0.15) is 11.6 Å². The number of methoxy groups -OCH3 is 2. The van der Waals surface area contributed by atoms with Gasteiger partial charge >= 0.3 is 11.9 Å². The van der Waals surface area contributed by atoms with Crippen LogP contribution in [0.3, 0.4) is 0 Å². The highest BCUT2D eigenvalue weighted by Gasteiger charge is 2.75. The smallest absolute Gasteiger partial charge is 0.338 e. The van der Waals surface area contributed by atoms with Crippen molar-refractivity contribution in [2.45, 2.75) is 11.6 Å². The molecule has 0 spiro atoms. The summed E-state index contributed by atoms with van der Waals surface area (Å²) in [4.78, 5) is 56.0. The summed E-state index contributed by atoms with van der Waals surface area (Å²) >= 11 is 0. The van der Waals surface area contributed by atoms with Crippen molar-refractivity contribution in [1.29, 1.82) is 0 Å². The number of carbonyl (C=O) groups excluding carboxylic acids is 4. The van der Waals surface area contributed by atoms with Gasteiger partial charge in [0.2, 0.25) is 17.4 Å². The first kappa shape index (κ1) is 20.7. The van der Waals surface area contributed by atoms with Gasteiger partial charge in [0.15, 0.2) is 0 Å². The Morgan fingerprint density at radius 2 is 1.35 bits per heavy atom. The maximum absolute atomic E-state index is 13.6. The number of imide groups is 1. The van der Waals surface area contributed by atoms with Crippen LogP contribution in [0.25, 0.3) is 0 Å². The largest absolute Gasteiger partial charge is 0.467 e. The van der Waals surface area contributed by atoms with Crippen molar-refractivity contribution in [3.8, 4) is 0 Å². The minimum atomic E-state index is -2.09. The highest BCUT2D eigenvalue weighted by molar-refractivity contribution is 6.27. The Bertz CT molecular complexity index is 1020. The van der Waals surface area contributed by atoms with Gasteiger partial charge < -0.3 is 9.47 Å². The second kappa shape index (κ2) is 7.63. The lowest BCUT2D eigenvalue weighted by molar-refractivity contribution is -0.174. The average molecular weight is 422 g/mol. The van der Waals surface area contributed by atoms with E-state index in [1.54, 1.807) is 54.6 Å². The molecule has 2 saturated heterocycles. The summed E-state index contributed by atoms with van der Waals surface area (Å²) in [6, 6.07) is 16.7. The Morgan fingerprint density at radius 1 is 0.839 bits per heavy atom. The monoisotopic (exact) mass is 422 g/mol. The third kappa shape index (κ3) is 2.71. The van der Waals surface area contributed by atoms with E-state index >= 15 is 0 Å². The van der Waals surface area contributed by atoms with E-state index in [9.17, 15) is 19.2 Å². The van der Waals surface area contributed by atoms with Crippen molar-refractivity contribution in [3.05, 3.63) is 66.2 Å². The molecule has 0 N–H and O–H groups in total. The quantitative estimate of drug-likeness (QED) is 0.419. The van der Waals surface area contributed by atoms with Gasteiger partial charge in [-0.05, 0) is 24.7 Å². The van der Waals surface area contributed by atoms with Gasteiger partial charge in [0.25, 0.3) is 0 Å². The zero-order valence-corrected chi connectivity index (χ0v) is 17.3. The summed E-state index contributed by atoms with van der Waals surface area (Å²) in [6.45, 7) is 0. The molecule has 3 atom stereocenters. The molecule has 2 fully saturated rings. The van der Waals surface area contributed by atoms with Crippen molar-refractivity contribution in [3.63, 3.8) is 0 Å². The van der Waals surface area contributed by atoms with E-state index in [0.717, 1.165) is 19.1 Å². The maximum Gasteiger partial charge on any atom is 0.338 e. The number of esters is 2. The van der Waals surface area contributed by atoms with Crippen LogP contribution in [-0.4, -0.2) is 55.5 Å². The van der Waals surface area contributed by atoms with Gasteiger partial charge in [0, 0.05) is 6.04 Å². The molecule has 0 bridgehead atoms. The first-order chi connectivity index (χ1) is 14.9.